The maximum Gasteiger partial charge on any atom is 0.189 e. The second kappa shape index (κ2) is 6.51. The minimum atomic E-state index is -0.0699. The lowest BCUT2D eigenvalue weighted by Crippen LogP contribution is -2.33. The standard InChI is InChI=1S/C16H20N2OS3/c1-5-7-21-13-12-10-8-16(3,6-2)19-9-11(10)22-14(12)18-15(17-13)20-4/h5H,1,6-9H2,2-4H3. The van der Waals surface area contributed by atoms with E-state index >= 15 is 0 Å². The van der Waals surface area contributed by atoms with Gasteiger partial charge in [0.25, 0.3) is 0 Å². The van der Waals surface area contributed by atoms with Crippen molar-refractivity contribution in [3.63, 3.8) is 0 Å². The minimum absolute atomic E-state index is 0.0699. The molecule has 118 valence electrons. The van der Waals surface area contributed by atoms with Gasteiger partial charge in [0.1, 0.15) is 9.86 Å². The Bertz CT molecular complexity index is 713. The van der Waals surface area contributed by atoms with Gasteiger partial charge in [0, 0.05) is 22.4 Å². The third kappa shape index (κ3) is 2.94. The van der Waals surface area contributed by atoms with E-state index in [0.717, 1.165) is 33.6 Å². The first-order chi connectivity index (χ1) is 10.6. The van der Waals surface area contributed by atoms with Crippen molar-refractivity contribution in [2.75, 3.05) is 12.0 Å². The molecule has 0 radical (unpaired) electrons. The van der Waals surface area contributed by atoms with E-state index in [1.807, 2.05) is 12.3 Å². The Kier molecular flexibility index (Phi) is 4.83. The lowest BCUT2D eigenvalue weighted by Gasteiger charge is -2.33. The molecule has 0 bridgehead atoms. The Hall–Kier alpha value is -0.560. The summed E-state index contributed by atoms with van der Waals surface area (Å²) < 4.78 is 6.08. The van der Waals surface area contributed by atoms with Crippen LogP contribution in [0.3, 0.4) is 0 Å². The Morgan fingerprint density at radius 2 is 2.27 bits per heavy atom. The average molecular weight is 353 g/mol. The highest BCUT2D eigenvalue weighted by atomic mass is 32.2. The number of nitrogens with zero attached hydrogens (tertiary/aromatic N) is 2. The van der Waals surface area contributed by atoms with E-state index in [1.165, 1.54) is 15.8 Å². The third-order valence-corrected chi connectivity index (χ3v) is 6.67. The van der Waals surface area contributed by atoms with Gasteiger partial charge in [-0.1, -0.05) is 24.8 Å². The Labute approximate surface area is 144 Å². The van der Waals surface area contributed by atoms with Crippen LogP contribution in [0.4, 0.5) is 0 Å². The molecule has 3 nitrogen and oxygen atoms in total. The van der Waals surface area contributed by atoms with Gasteiger partial charge in [0.15, 0.2) is 5.16 Å². The molecule has 0 amide bonds. The second-order valence-electron chi connectivity index (χ2n) is 5.57. The normalized spacial score (nSPS) is 21.0. The molecule has 0 N–H and O–H groups in total. The monoisotopic (exact) mass is 352 g/mol. The van der Waals surface area contributed by atoms with Gasteiger partial charge in [-0.25, -0.2) is 9.97 Å². The molecule has 6 heteroatoms. The summed E-state index contributed by atoms with van der Waals surface area (Å²) in [4.78, 5) is 11.9. The van der Waals surface area contributed by atoms with Crippen LogP contribution in [0.5, 0.6) is 0 Å². The predicted octanol–water partition coefficient (Wildman–Crippen LogP) is 4.93. The van der Waals surface area contributed by atoms with Crippen molar-refractivity contribution in [3.8, 4) is 0 Å². The lowest BCUT2D eigenvalue weighted by atomic mass is 9.90. The fraction of sp³-hybridized carbons (Fsp3) is 0.500. The van der Waals surface area contributed by atoms with Gasteiger partial charge < -0.3 is 4.74 Å². The van der Waals surface area contributed by atoms with Gasteiger partial charge in [-0.05, 0) is 25.2 Å². The summed E-state index contributed by atoms with van der Waals surface area (Å²) in [6, 6.07) is 0. The van der Waals surface area contributed by atoms with Crippen LogP contribution in [0.2, 0.25) is 0 Å². The molecular formula is C16H20N2OS3. The number of thioether (sulfide) groups is 2. The quantitative estimate of drug-likeness (QED) is 0.330. The molecule has 1 atom stereocenters. The van der Waals surface area contributed by atoms with Crippen molar-refractivity contribution < 1.29 is 4.74 Å². The summed E-state index contributed by atoms with van der Waals surface area (Å²) in [6.07, 6.45) is 5.91. The maximum absolute atomic E-state index is 6.08. The Balaban J connectivity index is 2.15. The van der Waals surface area contributed by atoms with Crippen molar-refractivity contribution in [2.45, 2.75) is 49.1 Å². The van der Waals surface area contributed by atoms with Crippen LogP contribution in [0.1, 0.15) is 30.7 Å². The predicted molar refractivity (Wildman–Crippen MR) is 97.3 cm³/mol. The summed E-state index contributed by atoms with van der Waals surface area (Å²) in [5.41, 5.74) is 1.33. The molecule has 2 aromatic heterocycles. The molecule has 0 spiro atoms. The molecule has 0 aromatic carbocycles. The SMILES string of the molecule is C=CCSc1nc(SC)nc2sc3c(c12)CC(C)(CC)OC3. The van der Waals surface area contributed by atoms with E-state index in [0.29, 0.717) is 6.61 Å². The summed E-state index contributed by atoms with van der Waals surface area (Å²) in [6.45, 7) is 8.91. The van der Waals surface area contributed by atoms with Crippen LogP contribution in [0, 0.1) is 0 Å². The molecule has 1 aliphatic heterocycles. The van der Waals surface area contributed by atoms with Crippen LogP contribution < -0.4 is 0 Å². The number of thiophene rings is 1. The first-order valence-corrected chi connectivity index (χ1v) is 10.4. The Morgan fingerprint density at radius 3 is 2.95 bits per heavy atom. The highest BCUT2D eigenvalue weighted by molar-refractivity contribution is 7.99. The van der Waals surface area contributed by atoms with Crippen LogP contribution in [0.25, 0.3) is 10.2 Å². The number of ether oxygens (including phenoxy) is 1. The van der Waals surface area contributed by atoms with Gasteiger partial charge in [-0.15, -0.1) is 29.7 Å². The molecule has 0 saturated carbocycles. The molecule has 0 fully saturated rings. The number of hydrogen-bond acceptors (Lipinski definition) is 6. The third-order valence-electron chi connectivity index (χ3n) is 4.05. The van der Waals surface area contributed by atoms with Crippen molar-refractivity contribution in [1.29, 1.82) is 0 Å². The smallest absolute Gasteiger partial charge is 0.189 e. The average Bonchev–Trinajstić information content (AvgIpc) is 2.89. The minimum Gasteiger partial charge on any atom is -0.369 e. The Morgan fingerprint density at radius 1 is 1.45 bits per heavy atom. The lowest BCUT2D eigenvalue weighted by molar-refractivity contribution is -0.0543. The van der Waals surface area contributed by atoms with E-state index in [2.05, 4.69) is 20.4 Å². The van der Waals surface area contributed by atoms with Gasteiger partial charge in [0.05, 0.1) is 12.2 Å². The number of hydrogen-bond donors (Lipinski definition) is 0. The summed E-state index contributed by atoms with van der Waals surface area (Å²) >= 11 is 5.10. The van der Waals surface area contributed by atoms with Crippen molar-refractivity contribution in [1.82, 2.24) is 9.97 Å². The highest BCUT2D eigenvalue weighted by Crippen LogP contribution is 2.42. The first-order valence-electron chi connectivity index (χ1n) is 7.34. The number of aromatic nitrogens is 2. The molecular weight excluding hydrogens is 332 g/mol. The molecule has 3 rings (SSSR count). The molecule has 0 saturated heterocycles. The first kappa shape index (κ1) is 16.3. The zero-order valence-electron chi connectivity index (χ0n) is 13.1. The van der Waals surface area contributed by atoms with E-state index in [1.54, 1.807) is 34.9 Å². The molecule has 2 aromatic rings. The summed E-state index contributed by atoms with van der Waals surface area (Å²) in [5, 5.41) is 3.18. The van der Waals surface area contributed by atoms with Crippen LogP contribution >= 0.6 is 34.9 Å². The van der Waals surface area contributed by atoms with Crippen molar-refractivity contribution >= 4 is 45.1 Å². The summed E-state index contributed by atoms with van der Waals surface area (Å²) in [5.74, 6) is 0.867. The van der Waals surface area contributed by atoms with Gasteiger partial charge >= 0.3 is 0 Å². The van der Waals surface area contributed by atoms with E-state index in [4.69, 9.17) is 14.7 Å². The largest absolute Gasteiger partial charge is 0.369 e. The van der Waals surface area contributed by atoms with E-state index < -0.39 is 0 Å². The zero-order valence-corrected chi connectivity index (χ0v) is 15.6. The van der Waals surface area contributed by atoms with Crippen LogP contribution in [0.15, 0.2) is 22.8 Å². The maximum atomic E-state index is 6.08. The highest BCUT2D eigenvalue weighted by Gasteiger charge is 2.33. The van der Waals surface area contributed by atoms with Crippen molar-refractivity contribution in [2.24, 2.45) is 0 Å². The van der Waals surface area contributed by atoms with Gasteiger partial charge in [-0.3, -0.25) is 0 Å². The molecule has 1 aliphatic rings. The van der Waals surface area contributed by atoms with E-state index in [-0.39, 0.29) is 5.60 Å². The van der Waals surface area contributed by atoms with Crippen LogP contribution in [-0.2, 0) is 17.8 Å². The van der Waals surface area contributed by atoms with Crippen molar-refractivity contribution in [3.05, 3.63) is 23.1 Å². The molecule has 1 unspecified atom stereocenters. The molecule has 3 heterocycles. The zero-order chi connectivity index (χ0) is 15.7. The van der Waals surface area contributed by atoms with Gasteiger partial charge in [-0.2, -0.15) is 0 Å². The van der Waals surface area contributed by atoms with E-state index in [9.17, 15) is 0 Å². The van der Waals surface area contributed by atoms with Gasteiger partial charge in [0.2, 0.25) is 0 Å². The number of fused-ring (bicyclic) bond motifs is 3. The summed E-state index contributed by atoms with van der Waals surface area (Å²) in [7, 11) is 0. The second-order valence-corrected chi connectivity index (χ2v) is 8.43. The fourth-order valence-corrected chi connectivity index (χ4v) is 5.02. The molecule has 0 aliphatic carbocycles. The number of rotatable bonds is 5. The molecule has 22 heavy (non-hydrogen) atoms. The topological polar surface area (TPSA) is 35.0 Å². The fourth-order valence-electron chi connectivity index (χ4n) is 2.58. The van der Waals surface area contributed by atoms with Crippen LogP contribution in [-0.4, -0.2) is 27.6 Å².